The summed E-state index contributed by atoms with van der Waals surface area (Å²) in [4.78, 5) is 31.9. The third-order valence-corrected chi connectivity index (χ3v) is 8.72. The van der Waals surface area contributed by atoms with Gasteiger partial charge in [-0.3, -0.25) is 14.5 Å². The van der Waals surface area contributed by atoms with Crippen molar-refractivity contribution in [1.29, 1.82) is 0 Å². The Morgan fingerprint density at radius 1 is 1.11 bits per heavy atom. The van der Waals surface area contributed by atoms with Gasteiger partial charge < -0.3 is 9.59 Å². The Bertz CT molecular complexity index is 1260. The van der Waals surface area contributed by atoms with E-state index in [0.717, 1.165) is 31.7 Å². The molecule has 0 bridgehead atoms. The number of hydrogen-bond donors (Lipinski definition) is 1. The van der Waals surface area contributed by atoms with Crippen LogP contribution in [0.15, 0.2) is 42.5 Å². The quantitative estimate of drug-likeness (QED) is 0.485. The molecule has 0 radical (unpaired) electrons. The molecule has 0 spiro atoms. The summed E-state index contributed by atoms with van der Waals surface area (Å²) in [5, 5.41) is 10.3. The van der Waals surface area contributed by atoms with Crippen molar-refractivity contribution in [2.24, 2.45) is 11.3 Å². The van der Waals surface area contributed by atoms with Crippen LogP contribution in [-0.2, 0) is 22.4 Å². The fourth-order valence-electron chi connectivity index (χ4n) is 6.04. The van der Waals surface area contributed by atoms with Gasteiger partial charge in [0.05, 0.1) is 49.7 Å². The molecule has 7 heteroatoms. The van der Waals surface area contributed by atoms with Crippen molar-refractivity contribution in [1.82, 2.24) is 4.98 Å². The monoisotopic (exact) mass is 492 g/mol. The number of thiazole rings is 1. The van der Waals surface area contributed by atoms with Crippen LogP contribution in [0.3, 0.4) is 0 Å². The van der Waals surface area contributed by atoms with Crippen LogP contribution in [0.4, 0.5) is 5.13 Å². The van der Waals surface area contributed by atoms with Gasteiger partial charge in [0.25, 0.3) is 0 Å². The third-order valence-electron chi connectivity index (χ3n) is 7.63. The molecule has 35 heavy (non-hydrogen) atoms. The first kappa shape index (κ1) is 23.9. The fraction of sp³-hybridized carbons (Fsp3) is 0.464. The van der Waals surface area contributed by atoms with Crippen LogP contribution in [0.1, 0.15) is 41.9 Å². The van der Waals surface area contributed by atoms with E-state index in [4.69, 9.17) is 4.98 Å². The molecule has 1 heterocycles. The van der Waals surface area contributed by atoms with Crippen molar-refractivity contribution in [2.75, 3.05) is 39.6 Å². The number of carbonyl (C=O) groups excluding carboxylic acids is 1. The average molecular weight is 493 g/mol. The maximum atomic E-state index is 13.8. The number of carboxylic acid groups (broad SMARTS) is 1. The molecule has 184 valence electrons. The zero-order valence-corrected chi connectivity index (χ0v) is 21.8. The smallest absolute Gasteiger partial charge is 0.304 e. The first-order valence-corrected chi connectivity index (χ1v) is 13.1. The zero-order chi connectivity index (χ0) is 25.0. The molecular formula is C28H34N3O3S+. The third kappa shape index (κ3) is 4.71. The number of hydrogen-bond acceptors (Lipinski definition) is 4. The van der Waals surface area contributed by atoms with Gasteiger partial charge in [0.1, 0.15) is 0 Å². The summed E-state index contributed by atoms with van der Waals surface area (Å²) < 4.78 is 2.08. The number of aliphatic carboxylic acids is 1. The minimum Gasteiger partial charge on any atom is -0.481 e. The molecular weight excluding hydrogens is 458 g/mol. The highest BCUT2D eigenvalue weighted by Gasteiger charge is 2.47. The average Bonchev–Trinajstić information content (AvgIpc) is 3.34. The number of rotatable bonds is 7. The second-order valence-corrected chi connectivity index (χ2v) is 12.6. The van der Waals surface area contributed by atoms with E-state index in [2.05, 4.69) is 39.3 Å². The van der Waals surface area contributed by atoms with Gasteiger partial charge in [-0.05, 0) is 60.4 Å². The van der Waals surface area contributed by atoms with E-state index < -0.39 is 11.4 Å². The van der Waals surface area contributed by atoms with Gasteiger partial charge in [-0.25, -0.2) is 4.98 Å². The Kier molecular flexibility index (Phi) is 5.96. The molecule has 1 saturated carbocycles. The first-order chi connectivity index (χ1) is 16.5. The van der Waals surface area contributed by atoms with E-state index in [1.165, 1.54) is 36.3 Å². The molecule has 2 aliphatic carbocycles. The highest BCUT2D eigenvalue weighted by molar-refractivity contribution is 7.22. The minimum absolute atomic E-state index is 0.169. The number of anilines is 1. The summed E-state index contributed by atoms with van der Waals surface area (Å²) in [5.41, 5.74) is 3.40. The van der Waals surface area contributed by atoms with Gasteiger partial charge in [0.2, 0.25) is 5.91 Å². The Labute approximate surface area is 210 Å². The normalized spacial score (nSPS) is 20.9. The molecule has 1 fully saturated rings. The SMILES string of the molecule is CN(C(=O)C1(CC(=O)O)Cc2ccccc2C1)c1nc2ccc(C3CC(C[N+](C)(C)C)C3)cc2s1. The van der Waals surface area contributed by atoms with E-state index in [-0.39, 0.29) is 12.3 Å². The van der Waals surface area contributed by atoms with Crippen LogP contribution >= 0.6 is 11.3 Å². The van der Waals surface area contributed by atoms with Gasteiger partial charge in [-0.15, -0.1) is 0 Å². The van der Waals surface area contributed by atoms with Crippen molar-refractivity contribution in [2.45, 2.75) is 38.0 Å². The number of carboxylic acids is 1. The summed E-state index contributed by atoms with van der Waals surface area (Å²) in [7, 11) is 8.48. The summed E-state index contributed by atoms with van der Waals surface area (Å²) in [6.45, 7) is 1.21. The van der Waals surface area contributed by atoms with Gasteiger partial charge in [0, 0.05) is 13.0 Å². The summed E-state index contributed by atoms with van der Waals surface area (Å²) in [6.07, 6.45) is 3.16. The standard InChI is InChI=1S/C28H33N3O3S/c1-30(26(34)28(16-25(32)33)14-20-7-5-6-8-21(20)15-28)27-29-23-10-9-19(13-24(23)35-27)22-11-18(12-22)17-31(2,3)4/h5-10,13,18,22H,11-12,14-17H2,1-4H3/p+1. The lowest BCUT2D eigenvalue weighted by atomic mass is 9.71. The Hall–Kier alpha value is -2.77. The lowest BCUT2D eigenvalue weighted by molar-refractivity contribution is -0.874. The number of benzene rings is 2. The van der Waals surface area contributed by atoms with Crippen LogP contribution in [0.25, 0.3) is 10.2 Å². The van der Waals surface area contributed by atoms with E-state index >= 15 is 0 Å². The largest absolute Gasteiger partial charge is 0.481 e. The number of aromatic nitrogens is 1. The van der Waals surface area contributed by atoms with Crippen molar-refractivity contribution in [3.05, 3.63) is 59.2 Å². The summed E-state index contributed by atoms with van der Waals surface area (Å²) in [5.74, 6) is 0.254. The molecule has 0 aliphatic heterocycles. The van der Waals surface area contributed by atoms with Crippen LogP contribution in [0.5, 0.6) is 0 Å². The zero-order valence-electron chi connectivity index (χ0n) is 21.0. The van der Waals surface area contributed by atoms with Gasteiger partial charge in [-0.1, -0.05) is 41.7 Å². The van der Waals surface area contributed by atoms with E-state index in [1.807, 2.05) is 24.3 Å². The molecule has 1 aromatic heterocycles. The number of amides is 1. The molecule has 3 aromatic rings. The van der Waals surface area contributed by atoms with E-state index in [9.17, 15) is 14.7 Å². The molecule has 2 aromatic carbocycles. The Balaban J connectivity index is 1.35. The predicted octanol–water partition coefficient (Wildman–Crippen LogP) is 4.72. The number of nitrogens with zero attached hydrogens (tertiary/aromatic N) is 3. The van der Waals surface area contributed by atoms with Crippen molar-refractivity contribution in [3.8, 4) is 0 Å². The van der Waals surface area contributed by atoms with Crippen LogP contribution in [0.2, 0.25) is 0 Å². The number of carbonyl (C=O) groups is 2. The van der Waals surface area contributed by atoms with Crippen LogP contribution < -0.4 is 4.90 Å². The van der Waals surface area contributed by atoms with E-state index in [0.29, 0.717) is 23.9 Å². The lowest BCUT2D eigenvalue weighted by Gasteiger charge is -2.39. The topological polar surface area (TPSA) is 70.5 Å². The fourth-order valence-corrected chi connectivity index (χ4v) is 7.01. The molecule has 0 unspecified atom stereocenters. The highest BCUT2D eigenvalue weighted by atomic mass is 32.1. The predicted molar refractivity (Wildman–Crippen MR) is 140 cm³/mol. The molecule has 0 saturated heterocycles. The van der Waals surface area contributed by atoms with Crippen molar-refractivity contribution in [3.63, 3.8) is 0 Å². The summed E-state index contributed by atoms with van der Waals surface area (Å²) >= 11 is 1.51. The maximum absolute atomic E-state index is 13.8. The van der Waals surface area contributed by atoms with E-state index in [1.54, 1.807) is 11.9 Å². The second kappa shape index (κ2) is 8.71. The summed E-state index contributed by atoms with van der Waals surface area (Å²) in [6, 6.07) is 14.4. The number of fused-ring (bicyclic) bond motifs is 2. The molecule has 0 atom stereocenters. The van der Waals surface area contributed by atoms with Crippen molar-refractivity contribution < 1.29 is 19.2 Å². The van der Waals surface area contributed by atoms with Crippen molar-refractivity contribution >= 4 is 38.6 Å². The first-order valence-electron chi connectivity index (χ1n) is 12.3. The Morgan fingerprint density at radius 3 is 2.37 bits per heavy atom. The maximum Gasteiger partial charge on any atom is 0.304 e. The Morgan fingerprint density at radius 2 is 1.77 bits per heavy atom. The second-order valence-electron chi connectivity index (χ2n) is 11.6. The molecule has 2 aliphatic rings. The van der Waals surface area contributed by atoms with Gasteiger partial charge in [0.15, 0.2) is 5.13 Å². The highest BCUT2D eigenvalue weighted by Crippen LogP contribution is 2.45. The van der Waals surface area contributed by atoms with Gasteiger partial charge >= 0.3 is 5.97 Å². The molecule has 1 amide bonds. The molecule has 6 nitrogen and oxygen atoms in total. The minimum atomic E-state index is -0.972. The molecule has 5 rings (SSSR count). The van der Waals surface area contributed by atoms with Gasteiger partial charge in [-0.2, -0.15) is 0 Å². The molecule has 1 N–H and O–H groups in total. The van der Waals surface area contributed by atoms with Crippen LogP contribution in [-0.4, -0.2) is 61.2 Å². The lowest BCUT2D eigenvalue weighted by Crippen LogP contribution is -2.44. The number of quaternary nitrogens is 1. The van der Waals surface area contributed by atoms with Crippen LogP contribution in [0, 0.1) is 11.3 Å².